The molecule has 1 atom stereocenters. The predicted molar refractivity (Wildman–Crippen MR) is 85.0 cm³/mol. The molecule has 2 aliphatic rings. The molecule has 5 nitrogen and oxygen atoms in total. The zero-order valence-electron chi connectivity index (χ0n) is 12.3. The van der Waals surface area contributed by atoms with Crippen molar-refractivity contribution in [1.82, 2.24) is 10.2 Å². The Kier molecular flexibility index (Phi) is 3.00. The summed E-state index contributed by atoms with van der Waals surface area (Å²) in [4.78, 5) is 13.4. The average molecular weight is 313 g/mol. The fourth-order valence-electron chi connectivity index (χ4n) is 3.12. The molecule has 0 saturated carbocycles. The van der Waals surface area contributed by atoms with Crippen molar-refractivity contribution in [3.8, 4) is 0 Å². The van der Waals surface area contributed by atoms with Crippen LogP contribution < -0.4 is 5.32 Å². The quantitative estimate of drug-likeness (QED) is 0.659. The van der Waals surface area contributed by atoms with Crippen LogP contribution in [0.1, 0.15) is 22.7 Å². The van der Waals surface area contributed by atoms with Gasteiger partial charge in [-0.1, -0.05) is 12.1 Å². The van der Waals surface area contributed by atoms with Crippen LogP contribution in [0.3, 0.4) is 0 Å². The normalized spacial score (nSPS) is 19.5. The van der Waals surface area contributed by atoms with E-state index in [0.717, 1.165) is 28.3 Å². The van der Waals surface area contributed by atoms with Gasteiger partial charge in [-0.15, -0.1) is 11.8 Å². The first-order valence-corrected chi connectivity index (χ1v) is 8.27. The third kappa shape index (κ3) is 1.87. The molecule has 1 aromatic carbocycles. The number of hydrogen-bond acceptors (Lipinski definition) is 5. The molecule has 1 aromatic heterocycles. The van der Waals surface area contributed by atoms with Gasteiger partial charge >= 0.3 is 5.97 Å². The molecule has 0 radical (unpaired) electrons. The van der Waals surface area contributed by atoms with Crippen molar-refractivity contribution in [2.24, 2.45) is 0 Å². The molecule has 0 aliphatic carbocycles. The predicted octanol–water partition coefficient (Wildman–Crippen LogP) is 2.81. The first kappa shape index (κ1) is 13.5. The summed E-state index contributed by atoms with van der Waals surface area (Å²) in [5, 5.41) is 10.5. The van der Waals surface area contributed by atoms with Crippen LogP contribution in [0.15, 0.2) is 40.4 Å². The summed E-state index contributed by atoms with van der Waals surface area (Å²) in [5.74, 6) is 0.414. The van der Waals surface area contributed by atoms with Gasteiger partial charge in [0.15, 0.2) is 5.82 Å². The lowest BCUT2D eigenvalue weighted by Crippen LogP contribution is -2.19. The zero-order chi connectivity index (χ0) is 15.3. The van der Waals surface area contributed by atoms with Crippen LogP contribution in [0.4, 0.5) is 5.82 Å². The minimum atomic E-state index is -0.243. The second-order valence-corrected chi connectivity index (χ2v) is 6.29. The Morgan fingerprint density at radius 1 is 1.32 bits per heavy atom. The number of thioether (sulfide) groups is 1. The molecule has 0 unspecified atom stereocenters. The van der Waals surface area contributed by atoms with E-state index in [1.165, 1.54) is 4.90 Å². The molecule has 22 heavy (non-hydrogen) atoms. The maximum absolute atomic E-state index is 12.2. The molecule has 2 N–H and O–H groups in total. The minimum absolute atomic E-state index is 0.129. The summed E-state index contributed by atoms with van der Waals surface area (Å²) < 4.78 is 5.22. The fraction of sp³-hybridized carbons (Fsp3) is 0.250. The van der Waals surface area contributed by atoms with Gasteiger partial charge in [-0.2, -0.15) is 5.10 Å². The Morgan fingerprint density at radius 3 is 2.82 bits per heavy atom. The second-order valence-electron chi connectivity index (χ2n) is 5.41. The Balaban J connectivity index is 1.89. The topological polar surface area (TPSA) is 67.0 Å². The number of ether oxygens (including phenoxy) is 1. The highest BCUT2D eigenvalue weighted by atomic mass is 32.2. The summed E-state index contributed by atoms with van der Waals surface area (Å²) in [6, 6.07) is 8.32. The molecule has 0 fully saturated rings. The molecule has 4 rings (SSSR count). The van der Waals surface area contributed by atoms with Gasteiger partial charge in [0.25, 0.3) is 0 Å². The summed E-state index contributed by atoms with van der Waals surface area (Å²) >= 11 is 1.70. The Bertz CT molecular complexity index is 792. The van der Waals surface area contributed by atoms with Crippen molar-refractivity contribution in [3.05, 3.63) is 52.4 Å². The average Bonchev–Trinajstić information content (AvgIpc) is 3.10. The van der Waals surface area contributed by atoms with Crippen LogP contribution in [0, 0.1) is 6.92 Å². The van der Waals surface area contributed by atoms with E-state index in [1.54, 1.807) is 11.8 Å². The SMILES string of the molecule is CSc1ccc([C@H]2C3=C(COC3=O)Nc3n[nH]c(C)c32)cc1. The van der Waals surface area contributed by atoms with Crippen molar-refractivity contribution in [1.29, 1.82) is 0 Å². The van der Waals surface area contributed by atoms with Gasteiger partial charge in [0.1, 0.15) is 6.61 Å². The molecule has 0 spiro atoms. The lowest BCUT2D eigenvalue weighted by molar-refractivity contribution is -0.136. The van der Waals surface area contributed by atoms with E-state index in [2.05, 4.69) is 39.8 Å². The largest absolute Gasteiger partial charge is 0.456 e. The maximum Gasteiger partial charge on any atom is 0.337 e. The Morgan fingerprint density at radius 2 is 2.09 bits per heavy atom. The zero-order valence-corrected chi connectivity index (χ0v) is 13.1. The molecule has 0 bridgehead atoms. The van der Waals surface area contributed by atoms with Gasteiger partial charge in [0.05, 0.1) is 11.3 Å². The number of nitrogens with zero attached hydrogens (tertiary/aromatic N) is 1. The third-order valence-electron chi connectivity index (χ3n) is 4.18. The number of rotatable bonds is 2. The molecule has 0 amide bonds. The highest BCUT2D eigenvalue weighted by molar-refractivity contribution is 7.98. The molecule has 6 heteroatoms. The summed E-state index contributed by atoms with van der Waals surface area (Å²) in [7, 11) is 0. The molecule has 3 heterocycles. The number of aromatic amines is 1. The minimum Gasteiger partial charge on any atom is -0.456 e. The summed E-state index contributed by atoms with van der Waals surface area (Å²) in [5.41, 5.74) is 4.59. The first-order valence-electron chi connectivity index (χ1n) is 7.05. The molecule has 2 aliphatic heterocycles. The van der Waals surface area contributed by atoms with Crippen LogP contribution in [-0.2, 0) is 9.53 Å². The number of fused-ring (bicyclic) bond motifs is 1. The van der Waals surface area contributed by atoms with Crippen molar-refractivity contribution in [2.45, 2.75) is 17.7 Å². The summed E-state index contributed by atoms with van der Waals surface area (Å²) in [6.45, 7) is 2.27. The molecular formula is C16H15N3O2S. The van der Waals surface area contributed by atoms with Crippen LogP contribution in [0.5, 0.6) is 0 Å². The number of carbonyl (C=O) groups is 1. The van der Waals surface area contributed by atoms with Gasteiger partial charge in [-0.3, -0.25) is 5.10 Å². The monoisotopic (exact) mass is 313 g/mol. The van der Waals surface area contributed by atoms with Crippen molar-refractivity contribution in [2.75, 3.05) is 18.2 Å². The highest BCUT2D eigenvalue weighted by Gasteiger charge is 2.40. The molecule has 2 aromatic rings. The smallest absolute Gasteiger partial charge is 0.337 e. The van der Waals surface area contributed by atoms with Crippen LogP contribution >= 0.6 is 11.8 Å². The number of carbonyl (C=O) groups excluding carboxylic acids is 1. The van der Waals surface area contributed by atoms with Gasteiger partial charge < -0.3 is 10.1 Å². The first-order chi connectivity index (χ1) is 10.7. The number of H-pyrrole nitrogens is 1. The second kappa shape index (κ2) is 4.91. The van der Waals surface area contributed by atoms with Crippen molar-refractivity contribution in [3.63, 3.8) is 0 Å². The lowest BCUT2D eigenvalue weighted by Gasteiger charge is -2.24. The van der Waals surface area contributed by atoms with E-state index in [4.69, 9.17) is 4.74 Å². The number of anilines is 1. The van der Waals surface area contributed by atoms with E-state index in [9.17, 15) is 4.79 Å². The maximum atomic E-state index is 12.2. The van der Waals surface area contributed by atoms with E-state index in [-0.39, 0.29) is 11.9 Å². The van der Waals surface area contributed by atoms with E-state index in [1.807, 2.05) is 13.2 Å². The van der Waals surface area contributed by atoms with Gasteiger partial charge in [0, 0.05) is 22.1 Å². The van der Waals surface area contributed by atoms with E-state index < -0.39 is 0 Å². The number of benzene rings is 1. The van der Waals surface area contributed by atoms with Gasteiger partial charge in [0.2, 0.25) is 0 Å². The number of aromatic nitrogens is 2. The Labute approximate surface area is 132 Å². The van der Waals surface area contributed by atoms with Crippen LogP contribution in [0.2, 0.25) is 0 Å². The lowest BCUT2D eigenvalue weighted by atomic mass is 9.82. The van der Waals surface area contributed by atoms with Crippen LogP contribution in [0.25, 0.3) is 0 Å². The number of cyclic esters (lactones) is 1. The van der Waals surface area contributed by atoms with Gasteiger partial charge in [-0.05, 0) is 30.9 Å². The van der Waals surface area contributed by atoms with E-state index >= 15 is 0 Å². The number of nitrogens with one attached hydrogen (secondary N) is 2. The van der Waals surface area contributed by atoms with E-state index in [0.29, 0.717) is 12.2 Å². The van der Waals surface area contributed by atoms with Gasteiger partial charge in [-0.25, -0.2) is 4.79 Å². The standard InChI is InChI=1S/C16H15N3O2S/c1-8-12-13(9-3-5-10(22-2)6-4-9)14-11(7-21-16(14)20)17-15(12)19-18-8/h3-6,13H,7H2,1-2H3,(H2,17,18,19)/t13-/m1/s1. The van der Waals surface area contributed by atoms with Crippen molar-refractivity contribution >= 4 is 23.5 Å². The third-order valence-corrected chi connectivity index (χ3v) is 4.93. The number of aryl methyl sites for hydroxylation is 1. The molecule has 0 saturated heterocycles. The number of hydrogen-bond donors (Lipinski definition) is 2. The molecular weight excluding hydrogens is 298 g/mol. The fourth-order valence-corrected chi connectivity index (χ4v) is 3.52. The van der Waals surface area contributed by atoms with Crippen molar-refractivity contribution < 1.29 is 9.53 Å². The molecule has 112 valence electrons. The van der Waals surface area contributed by atoms with Crippen LogP contribution in [-0.4, -0.2) is 29.0 Å². The Hall–Kier alpha value is -2.21. The number of esters is 1. The highest BCUT2D eigenvalue weighted by Crippen LogP contribution is 2.44. The summed E-state index contributed by atoms with van der Waals surface area (Å²) in [6.07, 6.45) is 2.05.